The van der Waals surface area contributed by atoms with E-state index >= 15 is 0 Å². The van der Waals surface area contributed by atoms with Gasteiger partial charge in [0.05, 0.1) is 12.0 Å². The van der Waals surface area contributed by atoms with Crippen LogP contribution in [-0.2, 0) is 15.6 Å². The lowest BCUT2D eigenvalue weighted by atomic mass is 9.76. The first-order chi connectivity index (χ1) is 16.0. The normalized spacial score (nSPS) is 32.4. The minimum Gasteiger partial charge on any atom is -0.392 e. The largest absolute Gasteiger partial charge is 0.392 e. The molecule has 2 N–H and O–H groups in total. The van der Waals surface area contributed by atoms with Gasteiger partial charge in [-0.05, 0) is 29.7 Å². The minimum atomic E-state index is -1.16. The summed E-state index contributed by atoms with van der Waals surface area (Å²) < 4.78 is 0. The van der Waals surface area contributed by atoms with E-state index in [-0.39, 0.29) is 22.7 Å². The average Bonchev–Trinajstić information content (AvgIpc) is 3.22. The van der Waals surface area contributed by atoms with Crippen LogP contribution < -0.4 is 9.80 Å². The highest BCUT2D eigenvalue weighted by molar-refractivity contribution is 5.90. The van der Waals surface area contributed by atoms with Crippen LogP contribution in [0.25, 0.3) is 0 Å². The summed E-state index contributed by atoms with van der Waals surface area (Å²) >= 11 is 0. The van der Waals surface area contributed by atoms with E-state index in [9.17, 15) is 15.0 Å². The number of carbonyl (C=O) groups excluding carboxylic acids is 1. The number of nitrogens with zero attached hydrogens (tertiary/aromatic N) is 2. The first-order valence-electron chi connectivity index (χ1n) is 12.3. The Hall–Kier alpha value is -2.63. The molecule has 1 fully saturated rings. The number of rotatable bonds is 3. The molecular formula is C29H36N2O3. The Morgan fingerprint density at radius 3 is 2.12 bits per heavy atom. The van der Waals surface area contributed by atoms with Gasteiger partial charge in [0.2, 0.25) is 0 Å². The molecule has 2 aromatic carbocycles. The second-order valence-electron chi connectivity index (χ2n) is 11.4. The average molecular weight is 461 g/mol. The minimum absolute atomic E-state index is 0.0771. The second kappa shape index (κ2) is 7.69. The van der Waals surface area contributed by atoms with Crippen molar-refractivity contribution in [1.82, 2.24) is 0 Å². The number of fused-ring (bicyclic) bond motifs is 2. The zero-order valence-electron chi connectivity index (χ0n) is 21.0. The molecule has 0 saturated heterocycles. The van der Waals surface area contributed by atoms with Gasteiger partial charge in [-0.2, -0.15) is 0 Å². The van der Waals surface area contributed by atoms with Gasteiger partial charge in [0, 0.05) is 54.0 Å². The summed E-state index contributed by atoms with van der Waals surface area (Å²) in [5.74, 6) is -1.50. The molecule has 2 aromatic rings. The van der Waals surface area contributed by atoms with E-state index in [2.05, 4.69) is 74.9 Å². The number of anilines is 2. The van der Waals surface area contributed by atoms with Gasteiger partial charge in [-0.1, -0.05) is 70.2 Å². The standard InChI is InChI=1S/C29H36N2O3/c1-28(2)19-11-7-9-13-21(19)30(5)23(28)15-17-25(32)18(27(34)26(17)33)16-24-29(3,4)20-12-8-10-14-22(20)31(24)6/h7-15,17-18,24-25,27,32,34H,16H2,1-6H3. The summed E-state index contributed by atoms with van der Waals surface area (Å²) in [4.78, 5) is 17.6. The van der Waals surface area contributed by atoms with E-state index in [4.69, 9.17) is 0 Å². The van der Waals surface area contributed by atoms with Crippen molar-refractivity contribution in [3.63, 3.8) is 0 Å². The molecule has 5 nitrogen and oxygen atoms in total. The van der Waals surface area contributed by atoms with Gasteiger partial charge in [0.1, 0.15) is 6.10 Å². The monoisotopic (exact) mass is 460 g/mol. The molecular weight excluding hydrogens is 424 g/mol. The molecule has 0 aromatic heterocycles. The topological polar surface area (TPSA) is 64.0 Å². The van der Waals surface area contributed by atoms with Crippen LogP contribution in [0, 0.1) is 11.8 Å². The zero-order chi connectivity index (χ0) is 24.6. The van der Waals surface area contributed by atoms with Crippen molar-refractivity contribution in [3.8, 4) is 0 Å². The van der Waals surface area contributed by atoms with Crippen molar-refractivity contribution >= 4 is 17.2 Å². The fourth-order valence-corrected chi connectivity index (χ4v) is 6.82. The number of hydrogen-bond donors (Lipinski definition) is 2. The van der Waals surface area contributed by atoms with Crippen molar-refractivity contribution < 1.29 is 15.0 Å². The molecule has 0 spiro atoms. The number of para-hydroxylation sites is 2. The molecule has 1 aliphatic carbocycles. The Morgan fingerprint density at radius 2 is 1.50 bits per heavy atom. The molecule has 2 heterocycles. The van der Waals surface area contributed by atoms with Gasteiger partial charge in [-0.25, -0.2) is 0 Å². The molecule has 5 atom stereocenters. The molecule has 0 amide bonds. The zero-order valence-corrected chi connectivity index (χ0v) is 21.0. The van der Waals surface area contributed by atoms with E-state index in [1.165, 1.54) is 16.8 Å². The number of carbonyl (C=O) groups is 1. The Kier molecular flexibility index (Phi) is 5.23. The summed E-state index contributed by atoms with van der Waals surface area (Å²) in [7, 11) is 4.08. The van der Waals surface area contributed by atoms with E-state index in [0.717, 1.165) is 11.4 Å². The molecule has 180 valence electrons. The number of allylic oxidation sites excluding steroid dienone is 1. The third-order valence-corrected chi connectivity index (χ3v) is 8.88. The van der Waals surface area contributed by atoms with Crippen LogP contribution in [-0.4, -0.2) is 48.3 Å². The highest BCUT2D eigenvalue weighted by Crippen LogP contribution is 2.50. The number of aliphatic hydroxyl groups is 2. The molecule has 0 bridgehead atoms. The maximum absolute atomic E-state index is 13.3. The Balaban J connectivity index is 1.44. The second-order valence-corrected chi connectivity index (χ2v) is 11.4. The van der Waals surface area contributed by atoms with E-state index in [1.54, 1.807) is 0 Å². The first kappa shape index (κ1) is 23.1. The molecule has 5 rings (SSSR count). The van der Waals surface area contributed by atoms with Crippen LogP contribution in [0.2, 0.25) is 0 Å². The molecule has 5 heteroatoms. The summed E-state index contributed by atoms with van der Waals surface area (Å²) in [5, 5.41) is 22.4. The van der Waals surface area contributed by atoms with Gasteiger partial charge in [-0.3, -0.25) is 4.79 Å². The maximum Gasteiger partial charge on any atom is 0.171 e. The highest BCUT2D eigenvalue weighted by Gasteiger charge is 2.53. The van der Waals surface area contributed by atoms with Crippen molar-refractivity contribution in [2.24, 2.45) is 11.8 Å². The molecule has 1 saturated carbocycles. The lowest BCUT2D eigenvalue weighted by molar-refractivity contribution is -0.127. The van der Waals surface area contributed by atoms with Crippen molar-refractivity contribution in [3.05, 3.63) is 71.4 Å². The number of likely N-dealkylation sites (N-methyl/N-ethyl adjacent to an activating group) is 2. The van der Waals surface area contributed by atoms with Crippen molar-refractivity contribution in [2.45, 2.75) is 63.2 Å². The SMILES string of the molecule is CN1C(=CC2C(=O)C(O)C(CC3N(C)c4ccccc4C3(C)C)C2O)C(C)(C)c2ccccc21. The number of ketones is 1. The van der Waals surface area contributed by atoms with E-state index in [0.29, 0.717) is 6.42 Å². The van der Waals surface area contributed by atoms with Gasteiger partial charge in [-0.15, -0.1) is 0 Å². The third-order valence-electron chi connectivity index (χ3n) is 8.88. The third kappa shape index (κ3) is 3.10. The molecule has 34 heavy (non-hydrogen) atoms. The molecule has 2 aliphatic heterocycles. The summed E-state index contributed by atoms with van der Waals surface area (Å²) in [5.41, 5.74) is 5.31. The van der Waals surface area contributed by atoms with Crippen LogP contribution in [0.4, 0.5) is 11.4 Å². The van der Waals surface area contributed by atoms with Gasteiger partial charge in [0.15, 0.2) is 5.78 Å². The maximum atomic E-state index is 13.3. The Morgan fingerprint density at radius 1 is 0.912 bits per heavy atom. The van der Waals surface area contributed by atoms with Crippen LogP contribution in [0.5, 0.6) is 0 Å². The number of Topliss-reactive ketones (excluding diaryl/α,β-unsaturated/α-hetero) is 1. The smallest absolute Gasteiger partial charge is 0.171 e. The lowest BCUT2D eigenvalue weighted by Crippen LogP contribution is -2.43. The van der Waals surface area contributed by atoms with Crippen molar-refractivity contribution in [2.75, 3.05) is 23.9 Å². The van der Waals surface area contributed by atoms with Crippen molar-refractivity contribution in [1.29, 1.82) is 0 Å². The number of benzene rings is 2. The van der Waals surface area contributed by atoms with E-state index in [1.807, 2.05) is 31.3 Å². The Bertz CT molecular complexity index is 1170. The summed E-state index contributed by atoms with van der Waals surface area (Å²) in [6.07, 6.45) is 0.373. The predicted molar refractivity (Wildman–Crippen MR) is 136 cm³/mol. The Labute approximate surface area is 202 Å². The van der Waals surface area contributed by atoms with Gasteiger partial charge < -0.3 is 20.0 Å². The molecule has 3 aliphatic rings. The number of aliphatic hydroxyl groups excluding tert-OH is 2. The fourth-order valence-electron chi connectivity index (χ4n) is 6.82. The van der Waals surface area contributed by atoms with Crippen LogP contribution in [0.15, 0.2) is 60.3 Å². The lowest BCUT2D eigenvalue weighted by Gasteiger charge is -2.35. The van der Waals surface area contributed by atoms with Crippen LogP contribution in [0.1, 0.15) is 45.2 Å². The summed E-state index contributed by atoms with van der Waals surface area (Å²) in [6.45, 7) is 8.71. The first-order valence-corrected chi connectivity index (χ1v) is 12.3. The molecule has 0 radical (unpaired) electrons. The van der Waals surface area contributed by atoms with Crippen LogP contribution >= 0.6 is 0 Å². The highest BCUT2D eigenvalue weighted by atomic mass is 16.3. The number of hydrogen-bond acceptors (Lipinski definition) is 5. The fraction of sp³-hybridized carbons (Fsp3) is 0.483. The van der Waals surface area contributed by atoms with E-state index < -0.39 is 24.0 Å². The molecule has 5 unspecified atom stereocenters. The van der Waals surface area contributed by atoms with Gasteiger partial charge in [0.25, 0.3) is 0 Å². The van der Waals surface area contributed by atoms with Crippen LogP contribution in [0.3, 0.4) is 0 Å². The summed E-state index contributed by atoms with van der Waals surface area (Å²) in [6, 6.07) is 16.7. The predicted octanol–water partition coefficient (Wildman–Crippen LogP) is 4.02. The van der Waals surface area contributed by atoms with Gasteiger partial charge >= 0.3 is 0 Å². The quantitative estimate of drug-likeness (QED) is 0.724.